The van der Waals surface area contributed by atoms with E-state index in [9.17, 15) is 4.79 Å². The maximum Gasteiger partial charge on any atom is 0.226 e. The average molecular weight is 232 g/mol. The zero-order valence-electron chi connectivity index (χ0n) is 9.27. The largest absolute Gasteiger partial charge is 0.461 e. The van der Waals surface area contributed by atoms with Crippen molar-refractivity contribution in [3.8, 4) is 5.75 Å². The standard InChI is InChI=1S/C12H12N2O3/c1-7-12(16-7)17-10-4-2-3-9-8(10)5-11(14-9)13-6-15/h2-7,12,14H,1H3,(H,13,15). The second kappa shape index (κ2) is 3.78. The van der Waals surface area contributed by atoms with Gasteiger partial charge in [-0.3, -0.25) is 4.79 Å². The summed E-state index contributed by atoms with van der Waals surface area (Å²) in [6, 6.07) is 7.54. The molecule has 0 radical (unpaired) electrons. The highest BCUT2D eigenvalue weighted by atomic mass is 16.8. The lowest BCUT2D eigenvalue weighted by atomic mass is 10.2. The van der Waals surface area contributed by atoms with E-state index in [2.05, 4.69) is 10.3 Å². The molecule has 1 saturated heterocycles. The van der Waals surface area contributed by atoms with E-state index in [0.29, 0.717) is 12.2 Å². The number of hydrogen-bond acceptors (Lipinski definition) is 3. The first kappa shape index (κ1) is 10.2. The fraction of sp³-hybridized carbons (Fsp3) is 0.250. The molecule has 1 amide bonds. The highest BCUT2D eigenvalue weighted by molar-refractivity contribution is 5.91. The average Bonchev–Trinajstić information content (AvgIpc) is 2.84. The summed E-state index contributed by atoms with van der Waals surface area (Å²) in [4.78, 5) is 13.5. The van der Waals surface area contributed by atoms with Crippen molar-refractivity contribution in [2.24, 2.45) is 0 Å². The van der Waals surface area contributed by atoms with Crippen LogP contribution < -0.4 is 10.1 Å². The van der Waals surface area contributed by atoms with Crippen LogP contribution in [-0.2, 0) is 9.53 Å². The van der Waals surface area contributed by atoms with Crippen LogP contribution in [0.3, 0.4) is 0 Å². The third kappa shape index (κ3) is 1.85. The van der Waals surface area contributed by atoms with Crippen LogP contribution >= 0.6 is 0 Å². The number of aromatic amines is 1. The predicted octanol–water partition coefficient (Wildman–Crippen LogP) is 1.86. The molecule has 2 atom stereocenters. The summed E-state index contributed by atoms with van der Waals surface area (Å²) in [6.45, 7) is 1.96. The SMILES string of the molecule is CC1OC1Oc1cccc2[nH]c(NC=O)cc12. The van der Waals surface area contributed by atoms with Crippen molar-refractivity contribution in [3.05, 3.63) is 24.3 Å². The van der Waals surface area contributed by atoms with Gasteiger partial charge in [0.25, 0.3) is 0 Å². The van der Waals surface area contributed by atoms with E-state index in [4.69, 9.17) is 9.47 Å². The minimum Gasteiger partial charge on any atom is -0.461 e. The third-order valence-electron chi connectivity index (χ3n) is 2.74. The number of hydrogen-bond donors (Lipinski definition) is 2. The van der Waals surface area contributed by atoms with Crippen LogP contribution in [-0.4, -0.2) is 23.8 Å². The molecule has 88 valence electrons. The summed E-state index contributed by atoms with van der Waals surface area (Å²) in [6.07, 6.45) is 0.631. The summed E-state index contributed by atoms with van der Waals surface area (Å²) < 4.78 is 10.9. The van der Waals surface area contributed by atoms with Crippen LogP contribution in [0.4, 0.5) is 5.82 Å². The van der Waals surface area contributed by atoms with Crippen LogP contribution in [0.2, 0.25) is 0 Å². The number of ether oxygens (including phenoxy) is 2. The minimum absolute atomic E-state index is 0.150. The number of anilines is 1. The van der Waals surface area contributed by atoms with Gasteiger partial charge in [-0.2, -0.15) is 0 Å². The molecule has 0 spiro atoms. The molecule has 1 aromatic heterocycles. The van der Waals surface area contributed by atoms with Crippen LogP contribution in [0, 0.1) is 0 Å². The van der Waals surface area contributed by atoms with Gasteiger partial charge in [0, 0.05) is 5.39 Å². The Morgan fingerprint density at radius 3 is 3.06 bits per heavy atom. The molecule has 1 aliphatic heterocycles. The lowest BCUT2D eigenvalue weighted by Crippen LogP contribution is -2.00. The van der Waals surface area contributed by atoms with Gasteiger partial charge in [0.1, 0.15) is 17.7 Å². The second-order valence-corrected chi connectivity index (χ2v) is 3.99. The van der Waals surface area contributed by atoms with E-state index in [-0.39, 0.29) is 12.4 Å². The number of carbonyl (C=O) groups is 1. The summed E-state index contributed by atoms with van der Waals surface area (Å²) >= 11 is 0. The number of amides is 1. The fourth-order valence-electron chi connectivity index (χ4n) is 1.79. The maximum atomic E-state index is 10.4. The molecule has 1 aliphatic rings. The normalized spacial score (nSPS) is 22.4. The molecule has 1 fully saturated rings. The molecule has 2 unspecified atom stereocenters. The van der Waals surface area contributed by atoms with Gasteiger partial charge < -0.3 is 19.8 Å². The van der Waals surface area contributed by atoms with Crippen LogP contribution in [0.15, 0.2) is 24.3 Å². The Kier molecular flexibility index (Phi) is 2.26. The van der Waals surface area contributed by atoms with Gasteiger partial charge in [-0.05, 0) is 25.1 Å². The second-order valence-electron chi connectivity index (χ2n) is 3.99. The monoisotopic (exact) mass is 232 g/mol. The number of carbonyl (C=O) groups excluding carboxylic acids is 1. The van der Waals surface area contributed by atoms with Crippen molar-refractivity contribution in [1.29, 1.82) is 0 Å². The molecule has 0 saturated carbocycles. The number of H-pyrrole nitrogens is 1. The number of epoxide rings is 1. The summed E-state index contributed by atoms with van der Waals surface area (Å²) in [5.74, 6) is 1.41. The van der Waals surface area contributed by atoms with Crippen molar-refractivity contribution >= 4 is 23.1 Å². The first-order valence-corrected chi connectivity index (χ1v) is 5.42. The number of rotatable bonds is 4. The zero-order valence-corrected chi connectivity index (χ0v) is 9.27. The van der Waals surface area contributed by atoms with Gasteiger partial charge in [-0.1, -0.05) is 6.07 Å². The van der Waals surface area contributed by atoms with Crippen LogP contribution in [0.5, 0.6) is 5.75 Å². The smallest absolute Gasteiger partial charge is 0.226 e. The van der Waals surface area contributed by atoms with E-state index in [0.717, 1.165) is 16.7 Å². The van der Waals surface area contributed by atoms with Gasteiger partial charge in [0.15, 0.2) is 0 Å². The van der Waals surface area contributed by atoms with E-state index in [1.54, 1.807) is 0 Å². The topological polar surface area (TPSA) is 66.7 Å². The Labute approximate surface area is 97.7 Å². The maximum absolute atomic E-state index is 10.4. The van der Waals surface area contributed by atoms with Gasteiger partial charge in [0.05, 0.1) is 5.52 Å². The molecule has 17 heavy (non-hydrogen) atoms. The number of aromatic nitrogens is 1. The molecule has 0 bridgehead atoms. The predicted molar refractivity (Wildman–Crippen MR) is 62.9 cm³/mol. The lowest BCUT2D eigenvalue weighted by molar-refractivity contribution is -0.105. The molecule has 5 nitrogen and oxygen atoms in total. The molecule has 2 N–H and O–H groups in total. The molecular formula is C12H12N2O3. The Morgan fingerprint density at radius 2 is 2.35 bits per heavy atom. The molecule has 3 rings (SSSR count). The van der Waals surface area contributed by atoms with Crippen molar-refractivity contribution in [2.75, 3.05) is 5.32 Å². The van der Waals surface area contributed by atoms with Gasteiger partial charge in [-0.15, -0.1) is 0 Å². The van der Waals surface area contributed by atoms with Crippen molar-refractivity contribution in [3.63, 3.8) is 0 Å². The minimum atomic E-state index is -0.155. The quantitative estimate of drug-likeness (QED) is 0.624. The first-order valence-electron chi connectivity index (χ1n) is 5.42. The number of fused-ring (bicyclic) bond motifs is 1. The van der Waals surface area contributed by atoms with Gasteiger partial charge >= 0.3 is 0 Å². The van der Waals surface area contributed by atoms with Crippen molar-refractivity contribution in [2.45, 2.75) is 19.3 Å². The third-order valence-corrected chi connectivity index (χ3v) is 2.74. The van der Waals surface area contributed by atoms with Gasteiger partial charge in [0.2, 0.25) is 12.7 Å². The Bertz CT molecular complexity index is 564. The van der Waals surface area contributed by atoms with Crippen molar-refractivity contribution < 1.29 is 14.3 Å². The fourth-order valence-corrected chi connectivity index (χ4v) is 1.79. The molecule has 2 heterocycles. The summed E-state index contributed by atoms with van der Waals surface area (Å²) in [5.41, 5.74) is 0.917. The van der Waals surface area contributed by atoms with Crippen LogP contribution in [0.25, 0.3) is 10.9 Å². The highest BCUT2D eigenvalue weighted by Crippen LogP contribution is 2.32. The number of benzene rings is 1. The van der Waals surface area contributed by atoms with E-state index in [1.165, 1.54) is 0 Å². The summed E-state index contributed by atoms with van der Waals surface area (Å²) in [7, 11) is 0. The molecule has 2 aromatic rings. The van der Waals surface area contributed by atoms with E-state index >= 15 is 0 Å². The zero-order chi connectivity index (χ0) is 11.8. The van der Waals surface area contributed by atoms with E-state index in [1.807, 2.05) is 31.2 Å². The Morgan fingerprint density at radius 1 is 1.53 bits per heavy atom. The molecule has 1 aromatic carbocycles. The van der Waals surface area contributed by atoms with Crippen LogP contribution in [0.1, 0.15) is 6.92 Å². The lowest BCUT2D eigenvalue weighted by Gasteiger charge is -2.03. The Balaban J connectivity index is 1.96. The number of nitrogens with one attached hydrogen (secondary N) is 2. The van der Waals surface area contributed by atoms with Gasteiger partial charge in [-0.25, -0.2) is 0 Å². The first-order chi connectivity index (χ1) is 8.28. The van der Waals surface area contributed by atoms with E-state index < -0.39 is 0 Å². The molecular weight excluding hydrogens is 220 g/mol. The highest BCUT2D eigenvalue weighted by Gasteiger charge is 2.37. The summed E-state index contributed by atoms with van der Waals surface area (Å²) in [5, 5.41) is 3.51. The Hall–Kier alpha value is -2.01. The molecule has 5 heteroatoms. The molecule has 0 aliphatic carbocycles. The van der Waals surface area contributed by atoms with Crippen molar-refractivity contribution in [1.82, 2.24) is 4.98 Å².